The molecule has 1 heterocycles. The highest BCUT2D eigenvalue weighted by Gasteiger charge is 2.13. The van der Waals surface area contributed by atoms with Crippen molar-refractivity contribution in [1.82, 2.24) is 5.32 Å². The summed E-state index contributed by atoms with van der Waals surface area (Å²) in [5.41, 5.74) is 1.12. The van der Waals surface area contributed by atoms with Gasteiger partial charge in [-0.05, 0) is 24.1 Å². The predicted molar refractivity (Wildman–Crippen MR) is 68.2 cm³/mol. The Kier molecular flexibility index (Phi) is 4.47. The first-order valence-corrected chi connectivity index (χ1v) is 6.11. The fourth-order valence-corrected chi connectivity index (χ4v) is 1.67. The summed E-state index contributed by atoms with van der Waals surface area (Å²) in [4.78, 5) is 11.6. The molecule has 2 rings (SSSR count). The van der Waals surface area contributed by atoms with Crippen molar-refractivity contribution in [2.24, 2.45) is 0 Å². The molecule has 0 atom stereocenters. The lowest BCUT2D eigenvalue weighted by Gasteiger charge is -2.14. The summed E-state index contributed by atoms with van der Waals surface area (Å²) >= 11 is 5.79. The number of ether oxygens (including phenoxy) is 2. The van der Waals surface area contributed by atoms with Crippen molar-refractivity contribution in [2.75, 3.05) is 19.8 Å². The van der Waals surface area contributed by atoms with Gasteiger partial charge in [0.2, 0.25) is 5.76 Å². The minimum absolute atomic E-state index is 0.234. The number of carbonyl (C=O) groups is 1. The van der Waals surface area contributed by atoms with Crippen LogP contribution in [0.25, 0.3) is 0 Å². The standard InChI is InChI=1S/C13H14ClNO3/c14-11-3-1-10(2-4-11)5-6-15-13(16)12-9-17-7-8-18-12/h1-4,9H,5-8H2,(H,15,16). The summed E-state index contributed by atoms with van der Waals surface area (Å²) in [6, 6.07) is 7.54. The Labute approximate surface area is 111 Å². The molecule has 0 saturated carbocycles. The van der Waals surface area contributed by atoms with Crippen LogP contribution in [0, 0.1) is 0 Å². The van der Waals surface area contributed by atoms with Gasteiger partial charge < -0.3 is 14.8 Å². The van der Waals surface area contributed by atoms with E-state index in [1.165, 1.54) is 6.26 Å². The minimum atomic E-state index is -0.247. The van der Waals surface area contributed by atoms with Crippen LogP contribution in [0.15, 0.2) is 36.3 Å². The summed E-state index contributed by atoms with van der Waals surface area (Å²) in [6.45, 7) is 1.44. The molecule has 0 unspecified atom stereocenters. The van der Waals surface area contributed by atoms with Crippen molar-refractivity contribution in [1.29, 1.82) is 0 Å². The van der Waals surface area contributed by atoms with Crippen molar-refractivity contribution in [3.63, 3.8) is 0 Å². The third-order valence-electron chi connectivity index (χ3n) is 2.49. The Morgan fingerprint density at radius 2 is 2.06 bits per heavy atom. The second kappa shape index (κ2) is 6.31. The normalized spacial score (nSPS) is 14.2. The predicted octanol–water partition coefficient (Wildman–Crippen LogP) is 1.89. The molecule has 0 saturated heterocycles. The molecule has 0 spiro atoms. The quantitative estimate of drug-likeness (QED) is 0.906. The van der Waals surface area contributed by atoms with E-state index in [2.05, 4.69) is 5.32 Å². The maximum atomic E-state index is 11.6. The molecule has 1 aliphatic rings. The number of hydrogen-bond donors (Lipinski definition) is 1. The summed E-state index contributed by atoms with van der Waals surface area (Å²) < 4.78 is 10.2. The van der Waals surface area contributed by atoms with E-state index < -0.39 is 0 Å². The molecule has 5 heteroatoms. The number of carbonyl (C=O) groups excluding carboxylic acids is 1. The molecule has 1 aromatic rings. The van der Waals surface area contributed by atoms with Crippen LogP contribution in [0.3, 0.4) is 0 Å². The van der Waals surface area contributed by atoms with E-state index in [1.54, 1.807) is 0 Å². The maximum absolute atomic E-state index is 11.6. The average molecular weight is 268 g/mol. The highest BCUT2D eigenvalue weighted by Crippen LogP contribution is 2.09. The monoisotopic (exact) mass is 267 g/mol. The van der Waals surface area contributed by atoms with Crippen LogP contribution < -0.4 is 5.32 Å². The van der Waals surface area contributed by atoms with Crippen LogP contribution >= 0.6 is 11.6 Å². The Morgan fingerprint density at radius 3 is 2.72 bits per heavy atom. The fraction of sp³-hybridized carbons (Fsp3) is 0.308. The van der Waals surface area contributed by atoms with E-state index in [-0.39, 0.29) is 11.7 Å². The van der Waals surface area contributed by atoms with Crippen LogP contribution in [0.5, 0.6) is 0 Å². The van der Waals surface area contributed by atoms with Gasteiger partial charge in [0.1, 0.15) is 19.5 Å². The number of hydrogen-bond acceptors (Lipinski definition) is 3. The van der Waals surface area contributed by atoms with Gasteiger partial charge in [-0.3, -0.25) is 4.79 Å². The second-order valence-corrected chi connectivity index (χ2v) is 4.27. The number of benzene rings is 1. The zero-order valence-corrected chi connectivity index (χ0v) is 10.6. The topological polar surface area (TPSA) is 47.6 Å². The summed E-state index contributed by atoms with van der Waals surface area (Å²) in [7, 11) is 0. The Bertz CT molecular complexity index is 442. The van der Waals surface area contributed by atoms with Gasteiger partial charge in [0.25, 0.3) is 5.91 Å². The number of halogens is 1. The summed E-state index contributed by atoms with van der Waals surface area (Å²) in [5.74, 6) is -0.0129. The van der Waals surface area contributed by atoms with Gasteiger partial charge in [-0.1, -0.05) is 23.7 Å². The van der Waals surface area contributed by atoms with E-state index >= 15 is 0 Å². The summed E-state index contributed by atoms with van der Waals surface area (Å²) in [6.07, 6.45) is 2.10. The Balaban J connectivity index is 1.76. The third-order valence-corrected chi connectivity index (χ3v) is 2.74. The molecular formula is C13H14ClNO3. The molecule has 1 aliphatic heterocycles. The number of rotatable bonds is 4. The molecule has 0 aromatic heterocycles. The number of amides is 1. The van der Waals surface area contributed by atoms with Crippen molar-refractivity contribution in [3.8, 4) is 0 Å². The molecule has 0 aliphatic carbocycles. The van der Waals surface area contributed by atoms with Crippen LogP contribution in [0.4, 0.5) is 0 Å². The van der Waals surface area contributed by atoms with Gasteiger partial charge in [-0.25, -0.2) is 0 Å². The zero-order valence-electron chi connectivity index (χ0n) is 9.82. The first kappa shape index (κ1) is 12.8. The SMILES string of the molecule is O=C(NCCc1ccc(Cl)cc1)C1=COCCO1. The van der Waals surface area contributed by atoms with Crippen molar-refractivity contribution in [3.05, 3.63) is 46.9 Å². The smallest absolute Gasteiger partial charge is 0.289 e. The van der Waals surface area contributed by atoms with Gasteiger partial charge in [0, 0.05) is 11.6 Å². The Morgan fingerprint density at radius 1 is 1.28 bits per heavy atom. The van der Waals surface area contributed by atoms with Crippen LogP contribution in [0.2, 0.25) is 5.02 Å². The van der Waals surface area contributed by atoms with E-state index in [4.69, 9.17) is 21.1 Å². The van der Waals surface area contributed by atoms with Crippen molar-refractivity contribution >= 4 is 17.5 Å². The Hall–Kier alpha value is -1.68. The molecule has 96 valence electrons. The lowest BCUT2D eigenvalue weighted by Crippen LogP contribution is -2.30. The third kappa shape index (κ3) is 3.67. The maximum Gasteiger partial charge on any atom is 0.289 e. The minimum Gasteiger partial charge on any atom is -0.494 e. The molecule has 0 bridgehead atoms. The largest absolute Gasteiger partial charge is 0.494 e. The zero-order chi connectivity index (χ0) is 12.8. The molecule has 1 aromatic carbocycles. The molecule has 1 amide bonds. The lowest BCUT2D eigenvalue weighted by molar-refractivity contribution is -0.122. The molecule has 18 heavy (non-hydrogen) atoms. The molecule has 4 nitrogen and oxygen atoms in total. The average Bonchev–Trinajstić information content (AvgIpc) is 2.42. The summed E-state index contributed by atoms with van der Waals surface area (Å²) in [5, 5.41) is 3.48. The van der Waals surface area contributed by atoms with Crippen molar-refractivity contribution in [2.45, 2.75) is 6.42 Å². The second-order valence-electron chi connectivity index (χ2n) is 3.83. The first-order valence-electron chi connectivity index (χ1n) is 5.73. The molecular weight excluding hydrogens is 254 g/mol. The fourth-order valence-electron chi connectivity index (χ4n) is 1.55. The molecule has 1 N–H and O–H groups in total. The lowest BCUT2D eigenvalue weighted by atomic mass is 10.1. The van der Waals surface area contributed by atoms with E-state index in [0.717, 1.165) is 12.0 Å². The first-order chi connectivity index (χ1) is 8.75. The number of nitrogens with one attached hydrogen (secondary N) is 1. The van der Waals surface area contributed by atoms with Crippen LogP contribution in [-0.2, 0) is 20.7 Å². The van der Waals surface area contributed by atoms with Gasteiger partial charge in [-0.15, -0.1) is 0 Å². The van der Waals surface area contributed by atoms with Crippen molar-refractivity contribution < 1.29 is 14.3 Å². The van der Waals surface area contributed by atoms with Crippen LogP contribution in [0.1, 0.15) is 5.56 Å². The molecule has 0 radical (unpaired) electrons. The highest BCUT2D eigenvalue weighted by atomic mass is 35.5. The van der Waals surface area contributed by atoms with E-state index in [9.17, 15) is 4.79 Å². The van der Waals surface area contributed by atoms with Gasteiger partial charge in [0.05, 0.1) is 0 Å². The van der Waals surface area contributed by atoms with Gasteiger partial charge >= 0.3 is 0 Å². The van der Waals surface area contributed by atoms with E-state index in [1.807, 2.05) is 24.3 Å². The van der Waals surface area contributed by atoms with Gasteiger partial charge in [-0.2, -0.15) is 0 Å². The van der Waals surface area contributed by atoms with E-state index in [0.29, 0.717) is 24.8 Å². The highest BCUT2D eigenvalue weighted by molar-refractivity contribution is 6.30. The van der Waals surface area contributed by atoms with Gasteiger partial charge in [0.15, 0.2) is 0 Å². The van der Waals surface area contributed by atoms with Crippen LogP contribution in [-0.4, -0.2) is 25.7 Å². The molecule has 0 fully saturated rings.